The summed E-state index contributed by atoms with van der Waals surface area (Å²) in [4.78, 5) is 0.168. The zero-order chi connectivity index (χ0) is 16.9. The summed E-state index contributed by atoms with van der Waals surface area (Å²) < 4.78 is 37.3. The molecule has 4 rings (SSSR count). The normalized spacial score (nSPS) is 24.6. The molecule has 2 aliphatic heterocycles. The highest BCUT2D eigenvalue weighted by atomic mass is 32.2. The maximum atomic E-state index is 12.7. The highest BCUT2D eigenvalue weighted by molar-refractivity contribution is 7.89. The molecule has 1 N–H and O–H groups in total. The van der Waals surface area contributed by atoms with Crippen LogP contribution in [0.15, 0.2) is 47.4 Å². The highest BCUT2D eigenvalue weighted by Crippen LogP contribution is 2.38. The number of benzene rings is 2. The zero-order valence-corrected chi connectivity index (χ0v) is 13.9. The van der Waals surface area contributed by atoms with E-state index in [1.165, 1.54) is 17.4 Å². The quantitative estimate of drug-likeness (QED) is 0.895. The van der Waals surface area contributed by atoms with Gasteiger partial charge in [0, 0.05) is 12.6 Å². The Labute approximate surface area is 140 Å². The summed E-state index contributed by atoms with van der Waals surface area (Å²) >= 11 is 0. The zero-order valence-electron chi connectivity index (χ0n) is 13.0. The van der Waals surface area contributed by atoms with Gasteiger partial charge in [0.1, 0.15) is 0 Å². The molecule has 126 valence electrons. The van der Waals surface area contributed by atoms with Crippen LogP contribution in [0.2, 0.25) is 0 Å². The summed E-state index contributed by atoms with van der Waals surface area (Å²) in [6, 6.07) is 11.5. The first-order chi connectivity index (χ1) is 11.5. The Balaban J connectivity index is 1.71. The fourth-order valence-corrected chi connectivity index (χ4v) is 4.84. The molecular weight excluding hydrogens is 330 g/mol. The molecule has 24 heavy (non-hydrogen) atoms. The fraction of sp³-hybridized carbons (Fsp3) is 0.294. The third-order valence-corrected chi connectivity index (χ3v) is 6.56. The lowest BCUT2D eigenvalue weighted by molar-refractivity contribution is 0.0891. The molecule has 0 saturated heterocycles. The molecule has 0 saturated carbocycles. The van der Waals surface area contributed by atoms with Crippen LogP contribution in [-0.2, 0) is 16.4 Å². The molecule has 6 nitrogen and oxygen atoms in total. The molecule has 0 fully saturated rings. The maximum Gasteiger partial charge on any atom is 0.243 e. The molecule has 0 aromatic heterocycles. The van der Waals surface area contributed by atoms with E-state index in [9.17, 15) is 13.5 Å². The van der Waals surface area contributed by atoms with Gasteiger partial charge in [0.15, 0.2) is 11.5 Å². The van der Waals surface area contributed by atoms with Crippen molar-refractivity contribution in [3.63, 3.8) is 0 Å². The van der Waals surface area contributed by atoms with Crippen LogP contribution in [0.5, 0.6) is 11.5 Å². The largest absolute Gasteiger partial charge is 0.454 e. The van der Waals surface area contributed by atoms with Crippen LogP contribution in [0.4, 0.5) is 0 Å². The molecule has 0 aliphatic carbocycles. The second-order valence-corrected chi connectivity index (χ2v) is 7.93. The first-order valence-corrected chi connectivity index (χ1v) is 9.06. The summed E-state index contributed by atoms with van der Waals surface area (Å²) in [6.07, 6.45) is -0.512. The van der Waals surface area contributed by atoms with Crippen LogP contribution in [0.3, 0.4) is 0 Å². The summed E-state index contributed by atoms with van der Waals surface area (Å²) in [6.45, 7) is 0.187. The van der Waals surface area contributed by atoms with Gasteiger partial charge in [0.05, 0.1) is 17.0 Å². The Bertz CT molecular complexity index is 896. The van der Waals surface area contributed by atoms with Crippen molar-refractivity contribution in [3.8, 4) is 11.5 Å². The summed E-state index contributed by atoms with van der Waals surface area (Å²) in [5, 5.41) is 10.7. The molecule has 2 atom stereocenters. The van der Waals surface area contributed by atoms with Crippen LogP contribution < -0.4 is 9.47 Å². The number of ether oxygens (including phenoxy) is 2. The molecule has 2 aromatic rings. The van der Waals surface area contributed by atoms with Crippen molar-refractivity contribution in [2.24, 2.45) is 0 Å². The molecule has 2 aromatic carbocycles. The second-order valence-electron chi connectivity index (χ2n) is 5.96. The number of rotatable bonds is 2. The van der Waals surface area contributed by atoms with E-state index in [1.807, 2.05) is 12.1 Å². The van der Waals surface area contributed by atoms with Crippen molar-refractivity contribution in [1.82, 2.24) is 4.31 Å². The van der Waals surface area contributed by atoms with Gasteiger partial charge in [-0.2, -0.15) is 4.31 Å². The number of aliphatic hydroxyl groups excluding tert-OH is 1. The first-order valence-electron chi connectivity index (χ1n) is 7.62. The van der Waals surface area contributed by atoms with Crippen molar-refractivity contribution in [2.75, 3.05) is 13.8 Å². The Morgan fingerprint density at radius 1 is 1.17 bits per heavy atom. The van der Waals surface area contributed by atoms with Gasteiger partial charge < -0.3 is 14.6 Å². The van der Waals surface area contributed by atoms with Gasteiger partial charge in [-0.3, -0.25) is 0 Å². The second kappa shape index (κ2) is 5.47. The van der Waals surface area contributed by atoms with Crippen LogP contribution in [0.25, 0.3) is 0 Å². The third kappa shape index (κ3) is 2.28. The minimum absolute atomic E-state index is 0.168. The van der Waals surface area contributed by atoms with Gasteiger partial charge in [0.2, 0.25) is 16.8 Å². The lowest BCUT2D eigenvalue weighted by Gasteiger charge is -2.37. The van der Waals surface area contributed by atoms with E-state index < -0.39 is 22.2 Å². The van der Waals surface area contributed by atoms with Gasteiger partial charge in [0.25, 0.3) is 0 Å². The molecule has 0 unspecified atom stereocenters. The molecule has 2 heterocycles. The SMILES string of the molecule is CN1[C@H](Cc2ccc3c(c2)OCO3)[C@H](O)c2ccccc2S1(=O)=O. The number of nitrogens with zero attached hydrogens (tertiary/aromatic N) is 1. The minimum atomic E-state index is -3.62. The Morgan fingerprint density at radius 3 is 2.75 bits per heavy atom. The van der Waals surface area contributed by atoms with E-state index >= 15 is 0 Å². The smallest absolute Gasteiger partial charge is 0.243 e. The molecule has 0 amide bonds. The van der Waals surface area contributed by atoms with Crippen molar-refractivity contribution < 1.29 is 23.0 Å². The van der Waals surface area contributed by atoms with E-state index in [-0.39, 0.29) is 11.7 Å². The van der Waals surface area contributed by atoms with Gasteiger partial charge in [-0.15, -0.1) is 0 Å². The monoisotopic (exact) mass is 347 g/mol. The third-order valence-electron chi connectivity index (χ3n) is 4.61. The van der Waals surface area contributed by atoms with Gasteiger partial charge in [-0.25, -0.2) is 8.42 Å². The topological polar surface area (TPSA) is 76.1 Å². The highest BCUT2D eigenvalue weighted by Gasteiger charge is 2.41. The van der Waals surface area contributed by atoms with Gasteiger partial charge >= 0.3 is 0 Å². The number of hydrogen-bond acceptors (Lipinski definition) is 5. The number of likely N-dealkylation sites (N-methyl/N-ethyl adjacent to an activating group) is 1. The predicted molar refractivity (Wildman–Crippen MR) is 86.4 cm³/mol. The van der Waals surface area contributed by atoms with Crippen LogP contribution in [0, 0.1) is 0 Å². The van der Waals surface area contributed by atoms with Crippen LogP contribution in [0.1, 0.15) is 17.2 Å². The number of fused-ring (bicyclic) bond motifs is 2. The summed E-state index contributed by atoms with van der Waals surface area (Å²) in [5.74, 6) is 1.32. The van der Waals surface area contributed by atoms with E-state index in [1.54, 1.807) is 24.3 Å². The average molecular weight is 347 g/mol. The predicted octanol–water partition coefficient (Wildman–Crippen LogP) is 1.69. The van der Waals surface area contributed by atoms with E-state index in [4.69, 9.17) is 9.47 Å². The standard InChI is InChI=1S/C17H17NO5S/c1-18-13(8-11-6-7-14-15(9-11)23-10-22-14)17(19)12-4-2-3-5-16(12)24(18,20)21/h2-7,9,13,17,19H,8,10H2,1H3/t13-,17-/m1/s1. The molecule has 7 heteroatoms. The molecule has 0 bridgehead atoms. The van der Waals surface area contributed by atoms with Crippen LogP contribution >= 0.6 is 0 Å². The van der Waals surface area contributed by atoms with Crippen molar-refractivity contribution in [3.05, 3.63) is 53.6 Å². The maximum absolute atomic E-state index is 12.7. The lowest BCUT2D eigenvalue weighted by Crippen LogP contribution is -2.46. The molecule has 0 spiro atoms. The van der Waals surface area contributed by atoms with Crippen molar-refractivity contribution in [2.45, 2.75) is 23.5 Å². The van der Waals surface area contributed by atoms with Crippen molar-refractivity contribution in [1.29, 1.82) is 0 Å². The van der Waals surface area contributed by atoms with E-state index in [2.05, 4.69) is 0 Å². The molecular formula is C17H17NO5S. The Morgan fingerprint density at radius 2 is 1.92 bits per heavy atom. The number of sulfonamides is 1. The fourth-order valence-electron chi connectivity index (χ4n) is 3.25. The number of hydrogen-bond donors (Lipinski definition) is 1. The molecule has 2 aliphatic rings. The number of aliphatic hydroxyl groups is 1. The first kappa shape index (κ1) is 15.4. The Hall–Kier alpha value is -2.09. The van der Waals surface area contributed by atoms with Crippen LogP contribution in [-0.4, -0.2) is 37.7 Å². The van der Waals surface area contributed by atoms with E-state index in [0.29, 0.717) is 23.5 Å². The lowest BCUT2D eigenvalue weighted by atomic mass is 9.95. The van der Waals surface area contributed by atoms with Gasteiger partial charge in [-0.1, -0.05) is 24.3 Å². The minimum Gasteiger partial charge on any atom is -0.454 e. The summed E-state index contributed by atoms with van der Waals surface area (Å²) in [5.41, 5.74) is 1.33. The Kier molecular flexibility index (Phi) is 3.52. The average Bonchev–Trinajstić information content (AvgIpc) is 3.05. The van der Waals surface area contributed by atoms with E-state index in [0.717, 1.165) is 5.56 Å². The molecule has 0 radical (unpaired) electrons. The van der Waals surface area contributed by atoms with Gasteiger partial charge in [-0.05, 0) is 30.2 Å². The van der Waals surface area contributed by atoms with Crippen molar-refractivity contribution >= 4 is 10.0 Å². The summed E-state index contributed by atoms with van der Waals surface area (Å²) in [7, 11) is -2.11.